The van der Waals surface area contributed by atoms with Gasteiger partial charge in [-0.1, -0.05) is 12.1 Å². The number of amidine groups is 1. The second-order valence-corrected chi connectivity index (χ2v) is 8.74. The minimum Gasteiger partial charge on any atom is -0.509 e. The van der Waals surface area contributed by atoms with Crippen LogP contribution in [0.2, 0.25) is 0 Å². The second-order valence-electron chi connectivity index (χ2n) is 8.74. The van der Waals surface area contributed by atoms with E-state index in [9.17, 15) is 9.90 Å². The molecule has 2 aliphatic heterocycles. The molecule has 3 aromatic rings. The summed E-state index contributed by atoms with van der Waals surface area (Å²) in [6, 6.07) is 13.6. The fraction of sp³-hybridized carbons (Fsp3) is 0.346. The van der Waals surface area contributed by atoms with Crippen LogP contribution in [-0.2, 0) is 16.0 Å². The quantitative estimate of drug-likeness (QED) is 0.471. The number of H-pyrrole nitrogens is 1. The van der Waals surface area contributed by atoms with Crippen molar-refractivity contribution < 1.29 is 14.6 Å². The van der Waals surface area contributed by atoms with Crippen LogP contribution in [0.5, 0.6) is 0 Å². The monoisotopic (exact) mass is 459 g/mol. The lowest BCUT2D eigenvalue weighted by Gasteiger charge is -2.28. The zero-order valence-electron chi connectivity index (χ0n) is 19.3. The van der Waals surface area contributed by atoms with E-state index >= 15 is 0 Å². The zero-order chi connectivity index (χ0) is 23.7. The SMILES string of the molecule is CCOC(=O)Cc1ccc(N2CC(O)=C(c3nc4ccc(N5CCCCC5)cc4[nH]3)C2=N)cc1. The Morgan fingerprint density at radius 3 is 2.59 bits per heavy atom. The number of benzene rings is 2. The number of carbonyl (C=O) groups excluding carboxylic acids is 1. The van der Waals surface area contributed by atoms with Crippen LogP contribution in [-0.4, -0.2) is 53.1 Å². The van der Waals surface area contributed by atoms with E-state index in [1.54, 1.807) is 11.8 Å². The third-order valence-electron chi connectivity index (χ3n) is 6.43. The summed E-state index contributed by atoms with van der Waals surface area (Å²) in [6.45, 7) is 4.47. The second kappa shape index (κ2) is 9.21. The molecule has 2 aliphatic rings. The van der Waals surface area contributed by atoms with Crippen molar-refractivity contribution in [3.63, 3.8) is 0 Å². The number of rotatable bonds is 6. The molecule has 0 atom stereocenters. The molecule has 2 aromatic carbocycles. The molecule has 176 valence electrons. The first-order chi connectivity index (χ1) is 16.5. The normalized spacial score (nSPS) is 16.6. The number of aliphatic hydroxyl groups excluding tert-OH is 1. The molecule has 3 heterocycles. The standard InChI is InChI=1S/C26H29N5O3/c1-2-34-23(33)14-17-6-8-18(9-7-17)31-16-22(32)24(25(31)27)26-28-20-11-10-19(15-21(20)29-26)30-12-4-3-5-13-30/h6-11,15,27,32H,2-5,12-14,16H2,1H3,(H,28,29). The summed E-state index contributed by atoms with van der Waals surface area (Å²) in [4.78, 5) is 23.8. The maximum absolute atomic E-state index is 11.7. The molecule has 8 heteroatoms. The predicted molar refractivity (Wildman–Crippen MR) is 134 cm³/mol. The highest BCUT2D eigenvalue weighted by Gasteiger charge is 2.31. The molecule has 3 N–H and O–H groups in total. The van der Waals surface area contributed by atoms with Gasteiger partial charge in [0, 0.05) is 24.5 Å². The Morgan fingerprint density at radius 2 is 1.85 bits per heavy atom. The van der Waals surface area contributed by atoms with Crippen LogP contribution in [0, 0.1) is 5.41 Å². The van der Waals surface area contributed by atoms with E-state index in [2.05, 4.69) is 27.0 Å². The minimum absolute atomic E-state index is 0.107. The molecular weight excluding hydrogens is 430 g/mol. The summed E-state index contributed by atoms with van der Waals surface area (Å²) in [6.07, 6.45) is 3.92. The number of esters is 1. The summed E-state index contributed by atoms with van der Waals surface area (Å²) in [5.74, 6) is 0.524. The minimum atomic E-state index is -0.265. The third-order valence-corrected chi connectivity index (χ3v) is 6.43. The number of carbonyl (C=O) groups is 1. The number of imidazole rings is 1. The predicted octanol–water partition coefficient (Wildman–Crippen LogP) is 4.43. The van der Waals surface area contributed by atoms with Gasteiger partial charge in [0.1, 0.15) is 17.4 Å². The molecular formula is C26H29N5O3. The molecule has 5 rings (SSSR count). The average molecular weight is 460 g/mol. The number of aromatic amines is 1. The van der Waals surface area contributed by atoms with Gasteiger partial charge in [0.15, 0.2) is 0 Å². The van der Waals surface area contributed by atoms with Crippen molar-refractivity contribution in [2.75, 3.05) is 36.0 Å². The van der Waals surface area contributed by atoms with Gasteiger partial charge < -0.3 is 24.6 Å². The van der Waals surface area contributed by atoms with Crippen LogP contribution in [0.3, 0.4) is 0 Å². The van der Waals surface area contributed by atoms with Crippen LogP contribution in [0.15, 0.2) is 48.2 Å². The van der Waals surface area contributed by atoms with Gasteiger partial charge >= 0.3 is 5.97 Å². The summed E-state index contributed by atoms with van der Waals surface area (Å²) in [5.41, 5.74) is 4.89. The van der Waals surface area contributed by atoms with Crippen molar-refractivity contribution in [3.8, 4) is 0 Å². The molecule has 8 nitrogen and oxygen atoms in total. The maximum Gasteiger partial charge on any atom is 0.310 e. The maximum atomic E-state index is 11.7. The van der Waals surface area contributed by atoms with Crippen LogP contribution in [0.25, 0.3) is 16.6 Å². The van der Waals surface area contributed by atoms with Gasteiger partial charge in [-0.15, -0.1) is 0 Å². The van der Waals surface area contributed by atoms with Gasteiger partial charge in [-0.05, 0) is 62.1 Å². The number of hydrogen-bond acceptors (Lipinski definition) is 6. The van der Waals surface area contributed by atoms with Crippen molar-refractivity contribution in [2.45, 2.75) is 32.6 Å². The molecule has 0 spiro atoms. The zero-order valence-corrected chi connectivity index (χ0v) is 19.3. The van der Waals surface area contributed by atoms with Crippen LogP contribution >= 0.6 is 0 Å². The van der Waals surface area contributed by atoms with Gasteiger partial charge in [0.05, 0.1) is 36.2 Å². The van der Waals surface area contributed by atoms with Crippen molar-refractivity contribution in [2.24, 2.45) is 0 Å². The first kappa shape index (κ1) is 22.0. The highest BCUT2D eigenvalue weighted by atomic mass is 16.5. The molecule has 0 bridgehead atoms. The summed E-state index contributed by atoms with van der Waals surface area (Å²) < 4.78 is 5.00. The Labute approximate surface area is 198 Å². The Hall–Kier alpha value is -3.81. The van der Waals surface area contributed by atoms with E-state index in [0.717, 1.165) is 35.4 Å². The van der Waals surface area contributed by atoms with Crippen molar-refractivity contribution >= 4 is 39.8 Å². The van der Waals surface area contributed by atoms with Crippen molar-refractivity contribution in [1.82, 2.24) is 9.97 Å². The third kappa shape index (κ3) is 4.23. The number of nitrogens with zero attached hydrogens (tertiary/aromatic N) is 3. The number of hydrogen-bond donors (Lipinski definition) is 3. The molecule has 1 fully saturated rings. The number of fused-ring (bicyclic) bond motifs is 1. The fourth-order valence-corrected chi connectivity index (χ4v) is 4.69. The number of piperidine rings is 1. The van der Waals surface area contributed by atoms with Crippen LogP contribution in [0.1, 0.15) is 37.6 Å². The van der Waals surface area contributed by atoms with E-state index in [1.165, 1.54) is 24.9 Å². The highest BCUT2D eigenvalue weighted by Crippen LogP contribution is 2.32. The van der Waals surface area contributed by atoms with Gasteiger partial charge in [0.25, 0.3) is 0 Å². The first-order valence-electron chi connectivity index (χ1n) is 11.8. The van der Waals surface area contributed by atoms with Gasteiger partial charge in [0.2, 0.25) is 0 Å². The first-order valence-corrected chi connectivity index (χ1v) is 11.8. The number of nitrogens with one attached hydrogen (secondary N) is 2. The Bertz CT molecular complexity index is 1260. The molecule has 0 aliphatic carbocycles. The molecule has 0 amide bonds. The smallest absolute Gasteiger partial charge is 0.310 e. The van der Waals surface area contributed by atoms with Gasteiger partial charge in [-0.3, -0.25) is 10.2 Å². The number of anilines is 2. The molecule has 0 saturated carbocycles. The van der Waals surface area contributed by atoms with E-state index in [1.807, 2.05) is 30.3 Å². The molecule has 1 saturated heterocycles. The number of ether oxygens (including phenoxy) is 1. The molecule has 0 unspecified atom stereocenters. The van der Waals surface area contributed by atoms with Crippen molar-refractivity contribution in [3.05, 3.63) is 59.6 Å². The Kier molecular flexibility index (Phi) is 5.96. The summed E-state index contributed by atoms with van der Waals surface area (Å²) in [7, 11) is 0. The molecule has 1 aromatic heterocycles. The number of aromatic nitrogens is 2. The summed E-state index contributed by atoms with van der Waals surface area (Å²) >= 11 is 0. The lowest BCUT2D eigenvalue weighted by atomic mass is 10.1. The topological polar surface area (TPSA) is 106 Å². The van der Waals surface area contributed by atoms with E-state index in [0.29, 0.717) is 18.0 Å². The van der Waals surface area contributed by atoms with E-state index < -0.39 is 0 Å². The van der Waals surface area contributed by atoms with Gasteiger partial charge in [-0.2, -0.15) is 0 Å². The average Bonchev–Trinajstić information content (AvgIpc) is 3.39. The Morgan fingerprint density at radius 1 is 1.12 bits per heavy atom. The van der Waals surface area contributed by atoms with E-state index in [-0.39, 0.29) is 30.5 Å². The number of aliphatic hydroxyl groups is 1. The summed E-state index contributed by atoms with van der Waals surface area (Å²) in [5, 5.41) is 19.5. The molecule has 0 radical (unpaired) electrons. The Balaban J connectivity index is 1.35. The van der Waals surface area contributed by atoms with Gasteiger partial charge in [-0.25, -0.2) is 4.98 Å². The van der Waals surface area contributed by atoms with Crippen LogP contribution in [0.4, 0.5) is 11.4 Å². The lowest BCUT2D eigenvalue weighted by Crippen LogP contribution is -2.29. The van der Waals surface area contributed by atoms with Crippen LogP contribution < -0.4 is 9.80 Å². The highest BCUT2D eigenvalue weighted by molar-refractivity contribution is 6.30. The lowest BCUT2D eigenvalue weighted by molar-refractivity contribution is -0.142. The molecule has 34 heavy (non-hydrogen) atoms. The van der Waals surface area contributed by atoms with Crippen molar-refractivity contribution in [1.29, 1.82) is 5.41 Å². The van der Waals surface area contributed by atoms with E-state index in [4.69, 9.17) is 10.1 Å². The fourth-order valence-electron chi connectivity index (χ4n) is 4.69. The largest absolute Gasteiger partial charge is 0.509 e.